The Hall–Kier alpha value is -3.00. The number of benzene rings is 1. The molecule has 3 heterocycles. The molecule has 0 radical (unpaired) electrons. The molecule has 2 N–H and O–H groups in total. The predicted molar refractivity (Wildman–Crippen MR) is 115 cm³/mol. The lowest BCUT2D eigenvalue weighted by Gasteiger charge is -2.38. The van der Waals surface area contributed by atoms with E-state index in [1.807, 2.05) is 0 Å². The molecule has 1 aliphatic carbocycles. The van der Waals surface area contributed by atoms with Gasteiger partial charge in [0.15, 0.2) is 0 Å². The third-order valence-electron chi connectivity index (χ3n) is 7.33. The molecule has 8 heteroatoms. The topological polar surface area (TPSA) is 91.6 Å². The van der Waals surface area contributed by atoms with E-state index in [1.54, 1.807) is 39.8 Å². The number of fused-ring (bicyclic) bond motifs is 4. The van der Waals surface area contributed by atoms with Crippen LogP contribution in [0.5, 0.6) is 0 Å². The molecule has 0 spiro atoms. The minimum absolute atomic E-state index is 0.124. The third kappa shape index (κ3) is 3.08. The van der Waals surface area contributed by atoms with Crippen molar-refractivity contribution < 1.29 is 19.1 Å². The van der Waals surface area contributed by atoms with Gasteiger partial charge in [0.1, 0.15) is 5.82 Å². The highest BCUT2D eigenvalue weighted by Gasteiger charge is 2.57. The van der Waals surface area contributed by atoms with Gasteiger partial charge in [0.05, 0.1) is 23.6 Å². The fourth-order valence-corrected chi connectivity index (χ4v) is 5.57. The highest BCUT2D eigenvalue weighted by Crippen LogP contribution is 2.48. The molecule has 2 fully saturated rings. The number of nitrogens with zero attached hydrogens (tertiary/aromatic N) is 2. The molecule has 1 aromatic carbocycles. The molecule has 2 amide bonds. The second-order valence-corrected chi connectivity index (χ2v) is 9.01. The lowest BCUT2D eigenvalue weighted by molar-refractivity contribution is -0.134. The van der Waals surface area contributed by atoms with Crippen LogP contribution in [0, 0.1) is 17.7 Å². The van der Waals surface area contributed by atoms with E-state index in [9.17, 15) is 23.9 Å². The molecular formula is C24H26FN3O4. The first-order chi connectivity index (χ1) is 15.4. The summed E-state index contributed by atoms with van der Waals surface area (Å²) in [4.78, 5) is 40.9. The van der Waals surface area contributed by atoms with Crippen LogP contribution in [0.4, 0.5) is 4.39 Å². The van der Waals surface area contributed by atoms with Gasteiger partial charge in [-0.1, -0.05) is 18.2 Å². The van der Waals surface area contributed by atoms with Crippen molar-refractivity contribution in [2.75, 3.05) is 6.61 Å². The summed E-state index contributed by atoms with van der Waals surface area (Å²) in [6, 6.07) is 8.38. The van der Waals surface area contributed by atoms with Crippen LogP contribution in [0.3, 0.4) is 0 Å². The summed E-state index contributed by atoms with van der Waals surface area (Å²) in [6.45, 7) is 1.34. The van der Waals surface area contributed by atoms with Crippen molar-refractivity contribution in [1.82, 2.24) is 14.8 Å². The van der Waals surface area contributed by atoms with E-state index in [2.05, 4.69) is 5.32 Å². The van der Waals surface area contributed by atoms with Crippen LogP contribution >= 0.6 is 0 Å². The van der Waals surface area contributed by atoms with E-state index >= 15 is 0 Å². The molecular weight excluding hydrogens is 413 g/mol. The van der Waals surface area contributed by atoms with Crippen LogP contribution in [0.2, 0.25) is 0 Å². The Kier molecular flexibility index (Phi) is 5.12. The number of aliphatic hydroxyl groups excluding tert-OH is 1. The number of halogens is 1. The van der Waals surface area contributed by atoms with Gasteiger partial charge in [0, 0.05) is 43.3 Å². The van der Waals surface area contributed by atoms with Gasteiger partial charge >= 0.3 is 0 Å². The minimum Gasteiger partial charge on any atom is -0.396 e. The average molecular weight is 439 g/mol. The SMILES string of the molecule is CC(=O)N1[C@@H]2Cn3c(ccc(-c4ccccc4F)c3=O)[C@H]1[C@@H](C(=O)NC1CCC1)[C@@H]2CO. The number of aromatic nitrogens is 1. The molecule has 1 saturated carbocycles. The summed E-state index contributed by atoms with van der Waals surface area (Å²) < 4.78 is 15.9. The van der Waals surface area contributed by atoms with E-state index in [1.165, 1.54) is 13.0 Å². The average Bonchev–Trinajstić information content (AvgIpc) is 2.99. The molecule has 7 nitrogen and oxygen atoms in total. The molecule has 2 bridgehead atoms. The summed E-state index contributed by atoms with van der Waals surface area (Å²) in [5.41, 5.74) is 0.638. The zero-order valence-corrected chi connectivity index (χ0v) is 17.8. The molecule has 1 aromatic heterocycles. The third-order valence-corrected chi connectivity index (χ3v) is 7.33. The first-order valence-electron chi connectivity index (χ1n) is 11.1. The summed E-state index contributed by atoms with van der Waals surface area (Å²) in [5.74, 6) is -2.01. The largest absolute Gasteiger partial charge is 0.396 e. The van der Waals surface area contributed by atoms with Crippen LogP contribution in [-0.4, -0.2) is 45.1 Å². The van der Waals surface area contributed by atoms with Gasteiger partial charge in [0.2, 0.25) is 11.8 Å². The number of hydrogen-bond acceptors (Lipinski definition) is 4. The Labute approximate surface area is 184 Å². The van der Waals surface area contributed by atoms with Crippen molar-refractivity contribution in [3.63, 3.8) is 0 Å². The Morgan fingerprint density at radius 2 is 1.91 bits per heavy atom. The standard InChI is InChI=1S/C24H26FN3O4/c1-13(30)28-20-11-27-19(10-9-16(24(27)32)15-7-2-3-8-18(15)25)22(28)21(17(20)12-29)23(31)26-14-5-4-6-14/h2-3,7-10,14,17,20-22,29H,4-6,11-12H2,1H3,(H,26,31)/t17-,20-,21+,22+/m1/s1. The fraction of sp³-hybridized carbons (Fsp3) is 0.458. The van der Waals surface area contributed by atoms with Crippen LogP contribution in [0.1, 0.15) is 37.9 Å². The maximum absolute atomic E-state index is 14.4. The Bertz CT molecular complexity index is 1140. The molecule has 3 aliphatic rings. The first-order valence-corrected chi connectivity index (χ1v) is 11.1. The summed E-state index contributed by atoms with van der Waals surface area (Å²) >= 11 is 0. The lowest BCUT2D eigenvalue weighted by Crippen LogP contribution is -2.48. The Morgan fingerprint density at radius 3 is 2.53 bits per heavy atom. The van der Waals surface area contributed by atoms with Gasteiger partial charge in [0.25, 0.3) is 5.56 Å². The number of hydrogen-bond donors (Lipinski definition) is 2. The van der Waals surface area contributed by atoms with Gasteiger partial charge in [-0.25, -0.2) is 4.39 Å². The Balaban J connectivity index is 1.62. The van der Waals surface area contributed by atoms with E-state index in [0.29, 0.717) is 5.69 Å². The molecule has 0 unspecified atom stereocenters. The lowest BCUT2D eigenvalue weighted by atomic mass is 9.85. The summed E-state index contributed by atoms with van der Waals surface area (Å²) in [7, 11) is 0. The summed E-state index contributed by atoms with van der Waals surface area (Å²) in [6.07, 6.45) is 2.92. The van der Waals surface area contributed by atoms with E-state index in [-0.39, 0.29) is 47.7 Å². The van der Waals surface area contributed by atoms with E-state index in [0.717, 1.165) is 19.3 Å². The molecule has 4 atom stereocenters. The van der Waals surface area contributed by atoms with Gasteiger partial charge < -0.3 is 19.9 Å². The van der Waals surface area contributed by atoms with Gasteiger partial charge in [-0.05, 0) is 37.5 Å². The zero-order valence-electron chi connectivity index (χ0n) is 17.8. The smallest absolute Gasteiger partial charge is 0.258 e. The molecule has 2 aromatic rings. The molecule has 168 valence electrons. The van der Waals surface area contributed by atoms with E-state index < -0.39 is 29.7 Å². The summed E-state index contributed by atoms with van der Waals surface area (Å²) in [5, 5.41) is 13.3. The number of carbonyl (C=O) groups excluding carboxylic acids is 2. The van der Waals surface area contributed by atoms with Crippen LogP contribution in [0.25, 0.3) is 11.1 Å². The second-order valence-electron chi connectivity index (χ2n) is 9.01. The number of nitrogens with one attached hydrogen (secondary N) is 1. The number of rotatable bonds is 4. The van der Waals surface area contributed by atoms with Gasteiger partial charge in [-0.2, -0.15) is 0 Å². The zero-order chi connectivity index (χ0) is 22.6. The van der Waals surface area contributed by atoms with Crippen LogP contribution in [-0.2, 0) is 16.1 Å². The number of amides is 2. The van der Waals surface area contributed by atoms with Crippen LogP contribution < -0.4 is 10.9 Å². The Morgan fingerprint density at radius 1 is 1.16 bits per heavy atom. The van der Waals surface area contributed by atoms with Gasteiger partial charge in [-0.3, -0.25) is 14.4 Å². The van der Waals surface area contributed by atoms with Crippen molar-refractivity contribution in [3.8, 4) is 11.1 Å². The van der Waals surface area contributed by atoms with Crippen LogP contribution in [0.15, 0.2) is 41.2 Å². The fourth-order valence-electron chi connectivity index (χ4n) is 5.57. The molecule has 32 heavy (non-hydrogen) atoms. The quantitative estimate of drug-likeness (QED) is 0.761. The molecule has 1 saturated heterocycles. The van der Waals surface area contributed by atoms with Crippen molar-refractivity contribution in [2.24, 2.45) is 11.8 Å². The highest BCUT2D eigenvalue weighted by molar-refractivity contribution is 5.84. The maximum Gasteiger partial charge on any atom is 0.258 e. The number of carbonyl (C=O) groups is 2. The minimum atomic E-state index is -0.651. The van der Waals surface area contributed by atoms with E-state index in [4.69, 9.17) is 0 Å². The second kappa shape index (κ2) is 7.85. The monoisotopic (exact) mass is 439 g/mol. The van der Waals surface area contributed by atoms with Gasteiger partial charge in [-0.15, -0.1) is 0 Å². The maximum atomic E-state index is 14.4. The van der Waals surface area contributed by atoms with Crippen molar-refractivity contribution in [3.05, 3.63) is 58.3 Å². The van der Waals surface area contributed by atoms with Crippen molar-refractivity contribution >= 4 is 11.8 Å². The molecule has 2 aliphatic heterocycles. The highest BCUT2D eigenvalue weighted by atomic mass is 19.1. The number of pyridine rings is 1. The number of aliphatic hydroxyl groups is 1. The molecule has 5 rings (SSSR count). The van der Waals surface area contributed by atoms with Crippen molar-refractivity contribution in [2.45, 2.75) is 50.9 Å². The van der Waals surface area contributed by atoms with Crippen molar-refractivity contribution in [1.29, 1.82) is 0 Å². The predicted octanol–water partition coefficient (Wildman–Crippen LogP) is 1.83. The first kappa shape index (κ1) is 20.9. The normalized spacial score (nSPS) is 26.4.